The molecule has 0 unspecified atom stereocenters. The van der Waals surface area contributed by atoms with Gasteiger partial charge in [0.2, 0.25) is 11.8 Å². The molecular formula is C22H24Cl2N2O3. The van der Waals surface area contributed by atoms with E-state index in [2.05, 4.69) is 10.6 Å². The number of nitrogens with one attached hydrogen (secondary N) is 2. The molecule has 3 rings (SSSR count). The topological polar surface area (TPSA) is 67.4 Å². The molecule has 0 aliphatic carbocycles. The fourth-order valence-corrected chi connectivity index (χ4v) is 4.20. The summed E-state index contributed by atoms with van der Waals surface area (Å²) in [6.45, 7) is 1.67. The molecule has 0 atom stereocenters. The Morgan fingerprint density at radius 1 is 0.966 bits per heavy atom. The fraction of sp³-hybridized carbons (Fsp3) is 0.364. The summed E-state index contributed by atoms with van der Waals surface area (Å²) in [6.07, 6.45) is 1.40. The SMILES string of the molecule is O=C(Cc1ccccc1)NCCNC(=O)C1(c2ccc(Cl)cc2Cl)CCOCC1. The van der Waals surface area contributed by atoms with Crippen LogP contribution in [0.5, 0.6) is 0 Å². The molecule has 154 valence electrons. The highest BCUT2D eigenvalue weighted by Gasteiger charge is 2.42. The summed E-state index contributed by atoms with van der Waals surface area (Å²) >= 11 is 12.4. The molecular weight excluding hydrogens is 411 g/mol. The molecule has 1 fully saturated rings. The monoisotopic (exact) mass is 434 g/mol. The number of carbonyl (C=O) groups is 2. The Morgan fingerprint density at radius 2 is 1.66 bits per heavy atom. The lowest BCUT2D eigenvalue weighted by molar-refractivity contribution is -0.130. The Bertz CT molecular complexity index is 852. The third-order valence-electron chi connectivity index (χ3n) is 5.17. The van der Waals surface area contributed by atoms with Crippen LogP contribution >= 0.6 is 23.2 Å². The standard InChI is InChI=1S/C22H24Cl2N2O3/c23-17-6-7-18(19(24)15-17)22(8-12-29-13-9-22)21(28)26-11-10-25-20(27)14-16-4-2-1-3-5-16/h1-7,15H,8-14H2,(H,25,27)(H,26,28). The van der Waals surface area contributed by atoms with Crippen molar-refractivity contribution in [3.8, 4) is 0 Å². The van der Waals surface area contributed by atoms with Crippen molar-refractivity contribution < 1.29 is 14.3 Å². The highest BCUT2D eigenvalue weighted by molar-refractivity contribution is 6.35. The predicted octanol–water partition coefficient (Wildman–Crippen LogP) is 3.52. The van der Waals surface area contributed by atoms with Crippen molar-refractivity contribution >= 4 is 35.0 Å². The molecule has 2 N–H and O–H groups in total. The van der Waals surface area contributed by atoms with Gasteiger partial charge in [-0.1, -0.05) is 59.6 Å². The fourth-order valence-electron chi connectivity index (χ4n) is 3.61. The maximum atomic E-state index is 13.1. The summed E-state index contributed by atoms with van der Waals surface area (Å²) in [6, 6.07) is 14.8. The average Bonchev–Trinajstić information content (AvgIpc) is 2.72. The second-order valence-electron chi connectivity index (χ2n) is 7.09. The summed E-state index contributed by atoms with van der Waals surface area (Å²) in [5.41, 5.74) is 0.957. The van der Waals surface area contributed by atoms with Crippen LogP contribution in [-0.4, -0.2) is 38.1 Å². The van der Waals surface area contributed by atoms with Crippen molar-refractivity contribution in [2.75, 3.05) is 26.3 Å². The largest absolute Gasteiger partial charge is 0.381 e. The first-order valence-electron chi connectivity index (χ1n) is 9.63. The lowest BCUT2D eigenvalue weighted by Gasteiger charge is -2.36. The van der Waals surface area contributed by atoms with E-state index in [0.717, 1.165) is 11.1 Å². The van der Waals surface area contributed by atoms with Gasteiger partial charge in [0.25, 0.3) is 0 Å². The Kier molecular flexibility index (Phi) is 7.53. The van der Waals surface area contributed by atoms with Crippen LogP contribution in [0.1, 0.15) is 24.0 Å². The van der Waals surface area contributed by atoms with Gasteiger partial charge in [-0.2, -0.15) is 0 Å². The molecule has 2 aromatic rings. The van der Waals surface area contributed by atoms with Crippen molar-refractivity contribution in [2.45, 2.75) is 24.7 Å². The molecule has 5 nitrogen and oxygen atoms in total. The molecule has 1 saturated heterocycles. The first-order valence-corrected chi connectivity index (χ1v) is 10.4. The van der Waals surface area contributed by atoms with E-state index >= 15 is 0 Å². The minimum atomic E-state index is -0.756. The van der Waals surface area contributed by atoms with Crippen molar-refractivity contribution in [1.29, 1.82) is 0 Å². The minimum absolute atomic E-state index is 0.0769. The van der Waals surface area contributed by atoms with Gasteiger partial charge >= 0.3 is 0 Å². The second kappa shape index (κ2) is 10.1. The van der Waals surface area contributed by atoms with Crippen LogP contribution in [0.3, 0.4) is 0 Å². The molecule has 0 saturated carbocycles. The Balaban J connectivity index is 1.57. The van der Waals surface area contributed by atoms with Gasteiger partial charge in [-0.15, -0.1) is 0 Å². The third-order valence-corrected chi connectivity index (χ3v) is 5.72. The van der Waals surface area contributed by atoms with E-state index in [1.54, 1.807) is 12.1 Å². The summed E-state index contributed by atoms with van der Waals surface area (Å²) in [5, 5.41) is 6.80. The molecule has 2 aromatic carbocycles. The zero-order valence-corrected chi connectivity index (χ0v) is 17.6. The number of halogens is 2. The van der Waals surface area contributed by atoms with E-state index in [1.807, 2.05) is 36.4 Å². The number of amides is 2. The number of ether oxygens (including phenoxy) is 1. The molecule has 1 aliphatic heterocycles. The number of hydrogen-bond donors (Lipinski definition) is 2. The summed E-state index contributed by atoms with van der Waals surface area (Å²) in [7, 11) is 0. The van der Waals surface area contributed by atoms with Gasteiger partial charge in [-0.3, -0.25) is 9.59 Å². The molecule has 0 radical (unpaired) electrons. The number of hydrogen-bond acceptors (Lipinski definition) is 3. The van der Waals surface area contributed by atoms with Gasteiger partial charge in [0.1, 0.15) is 0 Å². The van der Waals surface area contributed by atoms with E-state index in [1.165, 1.54) is 0 Å². The molecule has 1 aliphatic rings. The molecule has 0 aromatic heterocycles. The summed E-state index contributed by atoms with van der Waals surface area (Å²) in [5.74, 6) is -0.186. The average molecular weight is 435 g/mol. The van der Waals surface area contributed by atoms with Crippen LogP contribution in [0, 0.1) is 0 Å². The Labute approximate surface area is 180 Å². The van der Waals surface area contributed by atoms with E-state index in [4.69, 9.17) is 27.9 Å². The predicted molar refractivity (Wildman–Crippen MR) is 114 cm³/mol. The summed E-state index contributed by atoms with van der Waals surface area (Å²) in [4.78, 5) is 25.2. The van der Waals surface area contributed by atoms with Gasteiger partial charge in [0.15, 0.2) is 0 Å². The van der Waals surface area contributed by atoms with Crippen molar-refractivity contribution in [3.63, 3.8) is 0 Å². The van der Waals surface area contributed by atoms with Crippen LogP contribution < -0.4 is 10.6 Å². The van der Waals surface area contributed by atoms with E-state index in [9.17, 15) is 9.59 Å². The van der Waals surface area contributed by atoms with Crippen LogP contribution in [-0.2, 0) is 26.2 Å². The van der Waals surface area contributed by atoms with Gasteiger partial charge in [-0.05, 0) is 36.1 Å². The van der Waals surface area contributed by atoms with Crippen molar-refractivity contribution in [2.24, 2.45) is 0 Å². The molecule has 1 heterocycles. The quantitative estimate of drug-likeness (QED) is 0.655. The number of carbonyl (C=O) groups excluding carboxylic acids is 2. The van der Waals surface area contributed by atoms with Crippen molar-refractivity contribution in [1.82, 2.24) is 10.6 Å². The smallest absolute Gasteiger partial charge is 0.230 e. The summed E-state index contributed by atoms with van der Waals surface area (Å²) < 4.78 is 5.47. The maximum Gasteiger partial charge on any atom is 0.230 e. The molecule has 7 heteroatoms. The lowest BCUT2D eigenvalue weighted by atomic mass is 9.73. The molecule has 29 heavy (non-hydrogen) atoms. The molecule has 0 bridgehead atoms. The van der Waals surface area contributed by atoms with E-state index < -0.39 is 5.41 Å². The zero-order chi connectivity index (χ0) is 20.7. The van der Waals surface area contributed by atoms with Gasteiger partial charge in [0, 0.05) is 36.3 Å². The number of benzene rings is 2. The van der Waals surface area contributed by atoms with Crippen molar-refractivity contribution in [3.05, 3.63) is 69.7 Å². The van der Waals surface area contributed by atoms with E-state index in [-0.39, 0.29) is 11.8 Å². The maximum absolute atomic E-state index is 13.1. The van der Waals surface area contributed by atoms with Crippen LogP contribution in [0.2, 0.25) is 10.0 Å². The number of rotatable bonds is 7. The minimum Gasteiger partial charge on any atom is -0.381 e. The van der Waals surface area contributed by atoms with E-state index in [0.29, 0.717) is 55.6 Å². The normalized spacial score (nSPS) is 15.5. The first kappa shape index (κ1) is 21.6. The highest BCUT2D eigenvalue weighted by Crippen LogP contribution is 2.39. The lowest BCUT2D eigenvalue weighted by Crippen LogP contribution is -2.49. The van der Waals surface area contributed by atoms with Crippen LogP contribution in [0.15, 0.2) is 48.5 Å². The van der Waals surface area contributed by atoms with Gasteiger partial charge in [-0.25, -0.2) is 0 Å². The Morgan fingerprint density at radius 3 is 2.34 bits per heavy atom. The molecule has 0 spiro atoms. The third kappa shape index (κ3) is 5.50. The van der Waals surface area contributed by atoms with Crippen LogP contribution in [0.4, 0.5) is 0 Å². The second-order valence-corrected chi connectivity index (χ2v) is 7.93. The zero-order valence-electron chi connectivity index (χ0n) is 16.0. The molecule has 2 amide bonds. The van der Waals surface area contributed by atoms with Gasteiger partial charge < -0.3 is 15.4 Å². The van der Waals surface area contributed by atoms with Crippen LogP contribution in [0.25, 0.3) is 0 Å². The van der Waals surface area contributed by atoms with Gasteiger partial charge in [0.05, 0.1) is 11.8 Å². The highest BCUT2D eigenvalue weighted by atomic mass is 35.5. The Hall–Kier alpha value is -2.08. The first-order chi connectivity index (χ1) is 14.0.